The second-order valence-corrected chi connectivity index (χ2v) is 7.30. The van der Waals surface area contributed by atoms with Gasteiger partial charge in [0.1, 0.15) is 5.60 Å². The van der Waals surface area contributed by atoms with E-state index in [1.165, 1.54) is 57.8 Å². The van der Waals surface area contributed by atoms with Crippen LogP contribution in [-0.4, -0.2) is 11.6 Å². The summed E-state index contributed by atoms with van der Waals surface area (Å²) >= 11 is 0. The van der Waals surface area contributed by atoms with Crippen molar-refractivity contribution in [3.63, 3.8) is 0 Å². The quantitative estimate of drug-likeness (QED) is 0.554. The van der Waals surface area contributed by atoms with Gasteiger partial charge in [-0.15, -0.1) is 0 Å². The molecule has 0 aromatic carbocycles. The molecular weight excluding hydrogens is 248 g/mol. The Morgan fingerprint density at radius 3 is 2.45 bits per heavy atom. The molecule has 0 spiro atoms. The van der Waals surface area contributed by atoms with Crippen molar-refractivity contribution in [2.75, 3.05) is 0 Å². The van der Waals surface area contributed by atoms with E-state index in [-0.39, 0.29) is 11.6 Å². The van der Waals surface area contributed by atoms with Crippen LogP contribution in [0.3, 0.4) is 0 Å². The molecular formula is C18H28O2. The highest BCUT2D eigenvalue weighted by Crippen LogP contribution is 2.55. The van der Waals surface area contributed by atoms with Gasteiger partial charge < -0.3 is 4.74 Å². The van der Waals surface area contributed by atoms with Crippen LogP contribution in [0.15, 0.2) is 12.2 Å². The van der Waals surface area contributed by atoms with Crippen LogP contribution in [0, 0.1) is 17.8 Å². The van der Waals surface area contributed by atoms with Gasteiger partial charge in [-0.1, -0.05) is 32.3 Å². The van der Waals surface area contributed by atoms with Gasteiger partial charge in [-0.25, -0.2) is 4.79 Å². The first-order chi connectivity index (χ1) is 9.63. The zero-order valence-electron chi connectivity index (χ0n) is 12.8. The third-order valence-electron chi connectivity index (χ3n) is 6.11. The minimum absolute atomic E-state index is 0.147. The Bertz CT molecular complexity index is 394. The van der Waals surface area contributed by atoms with Crippen molar-refractivity contribution >= 4 is 5.97 Å². The Morgan fingerprint density at radius 2 is 1.75 bits per heavy atom. The minimum atomic E-state index is -0.149. The summed E-state index contributed by atoms with van der Waals surface area (Å²) in [4.78, 5) is 12.2. The van der Waals surface area contributed by atoms with Crippen LogP contribution >= 0.6 is 0 Å². The van der Waals surface area contributed by atoms with Gasteiger partial charge >= 0.3 is 5.97 Å². The molecule has 3 aliphatic rings. The average molecular weight is 276 g/mol. The van der Waals surface area contributed by atoms with Gasteiger partial charge in [-0.05, 0) is 57.3 Å². The van der Waals surface area contributed by atoms with E-state index in [1.54, 1.807) is 6.92 Å². The predicted octanol–water partition coefficient (Wildman–Crippen LogP) is 4.63. The Balaban J connectivity index is 1.89. The Labute approximate surface area is 123 Å². The topological polar surface area (TPSA) is 26.3 Å². The van der Waals surface area contributed by atoms with E-state index < -0.39 is 0 Å². The molecule has 0 amide bonds. The molecule has 2 heteroatoms. The van der Waals surface area contributed by atoms with E-state index in [0.717, 1.165) is 12.3 Å². The third-order valence-corrected chi connectivity index (χ3v) is 6.11. The number of fused-ring (bicyclic) bond motifs is 1. The van der Waals surface area contributed by atoms with Gasteiger partial charge in [0, 0.05) is 11.5 Å². The number of hydrogen-bond acceptors (Lipinski definition) is 2. The number of esters is 1. The predicted molar refractivity (Wildman–Crippen MR) is 80.3 cm³/mol. The molecule has 0 heterocycles. The molecule has 0 saturated heterocycles. The molecule has 0 aliphatic heterocycles. The molecule has 0 aromatic heterocycles. The van der Waals surface area contributed by atoms with E-state index in [4.69, 9.17) is 4.74 Å². The Kier molecular flexibility index (Phi) is 3.92. The van der Waals surface area contributed by atoms with Gasteiger partial charge in [0.05, 0.1) is 0 Å². The molecule has 3 rings (SSSR count). The first kappa shape index (κ1) is 14.2. The summed E-state index contributed by atoms with van der Waals surface area (Å²) in [6.45, 7) is 5.57. The van der Waals surface area contributed by atoms with Crippen molar-refractivity contribution in [3.05, 3.63) is 12.2 Å². The number of hydrogen-bond donors (Lipinski definition) is 0. The summed E-state index contributed by atoms with van der Waals surface area (Å²) in [6, 6.07) is 0. The molecule has 3 saturated carbocycles. The molecule has 3 atom stereocenters. The SMILES string of the molecule is C=C(C)C(=O)OC1(C2CCCC2)CCCC2CCCC21. The van der Waals surface area contributed by atoms with Crippen LogP contribution in [0.5, 0.6) is 0 Å². The van der Waals surface area contributed by atoms with Crippen LogP contribution in [-0.2, 0) is 9.53 Å². The summed E-state index contributed by atoms with van der Waals surface area (Å²) in [5.74, 6) is 1.89. The molecule has 3 unspecified atom stereocenters. The van der Waals surface area contributed by atoms with Crippen molar-refractivity contribution in [3.8, 4) is 0 Å². The van der Waals surface area contributed by atoms with E-state index in [0.29, 0.717) is 17.4 Å². The van der Waals surface area contributed by atoms with Gasteiger partial charge in [0.25, 0.3) is 0 Å². The molecule has 0 radical (unpaired) electrons. The van der Waals surface area contributed by atoms with Crippen molar-refractivity contribution < 1.29 is 9.53 Å². The Hall–Kier alpha value is -0.790. The largest absolute Gasteiger partial charge is 0.455 e. The highest BCUT2D eigenvalue weighted by molar-refractivity contribution is 5.87. The standard InChI is InChI=1S/C18H28O2/c1-13(2)17(19)20-18(15-9-3-4-10-15)12-6-8-14-7-5-11-16(14)18/h14-16H,1,3-12H2,2H3. The van der Waals surface area contributed by atoms with Crippen molar-refractivity contribution in [1.29, 1.82) is 0 Å². The van der Waals surface area contributed by atoms with Crippen LogP contribution in [0.1, 0.15) is 71.1 Å². The van der Waals surface area contributed by atoms with E-state index in [9.17, 15) is 4.79 Å². The van der Waals surface area contributed by atoms with Gasteiger partial charge in [0.15, 0.2) is 0 Å². The van der Waals surface area contributed by atoms with Crippen molar-refractivity contribution in [1.82, 2.24) is 0 Å². The molecule has 2 nitrogen and oxygen atoms in total. The maximum absolute atomic E-state index is 12.2. The first-order valence-corrected chi connectivity index (χ1v) is 8.52. The molecule has 0 N–H and O–H groups in total. The normalized spacial score (nSPS) is 37.6. The number of carbonyl (C=O) groups is 1. The van der Waals surface area contributed by atoms with Crippen molar-refractivity contribution in [2.45, 2.75) is 76.7 Å². The van der Waals surface area contributed by atoms with Gasteiger partial charge in [-0.2, -0.15) is 0 Å². The highest BCUT2D eigenvalue weighted by Gasteiger charge is 2.54. The van der Waals surface area contributed by atoms with E-state index in [1.807, 2.05) is 0 Å². The van der Waals surface area contributed by atoms with Crippen LogP contribution in [0.2, 0.25) is 0 Å². The van der Waals surface area contributed by atoms with E-state index >= 15 is 0 Å². The third kappa shape index (κ3) is 2.31. The Morgan fingerprint density at radius 1 is 1.05 bits per heavy atom. The second-order valence-electron chi connectivity index (χ2n) is 7.30. The first-order valence-electron chi connectivity index (χ1n) is 8.52. The summed E-state index contributed by atoms with van der Waals surface area (Å²) < 4.78 is 6.20. The summed E-state index contributed by atoms with van der Waals surface area (Å²) in [5.41, 5.74) is 0.411. The molecule has 0 aromatic rings. The van der Waals surface area contributed by atoms with E-state index in [2.05, 4.69) is 6.58 Å². The lowest BCUT2D eigenvalue weighted by Gasteiger charge is -2.48. The summed E-state index contributed by atoms with van der Waals surface area (Å²) in [6.07, 6.45) is 12.8. The lowest BCUT2D eigenvalue weighted by Crippen LogP contribution is -2.51. The summed E-state index contributed by atoms with van der Waals surface area (Å²) in [7, 11) is 0. The number of carbonyl (C=O) groups excluding carboxylic acids is 1. The summed E-state index contributed by atoms with van der Waals surface area (Å²) in [5, 5.41) is 0. The van der Waals surface area contributed by atoms with Crippen LogP contribution in [0.25, 0.3) is 0 Å². The molecule has 3 fully saturated rings. The van der Waals surface area contributed by atoms with Crippen LogP contribution in [0.4, 0.5) is 0 Å². The zero-order chi connectivity index (χ0) is 14.2. The minimum Gasteiger partial charge on any atom is -0.455 e. The molecule has 3 aliphatic carbocycles. The molecule has 20 heavy (non-hydrogen) atoms. The maximum Gasteiger partial charge on any atom is 0.333 e. The molecule has 0 bridgehead atoms. The lowest BCUT2D eigenvalue weighted by molar-refractivity contribution is -0.180. The monoisotopic (exact) mass is 276 g/mol. The van der Waals surface area contributed by atoms with Gasteiger partial charge in [-0.3, -0.25) is 0 Å². The fraction of sp³-hybridized carbons (Fsp3) is 0.833. The highest BCUT2D eigenvalue weighted by atomic mass is 16.6. The number of ether oxygens (including phenoxy) is 1. The number of rotatable bonds is 3. The van der Waals surface area contributed by atoms with Crippen molar-refractivity contribution in [2.24, 2.45) is 17.8 Å². The maximum atomic E-state index is 12.2. The fourth-order valence-corrected chi connectivity index (χ4v) is 5.24. The lowest BCUT2D eigenvalue weighted by atomic mass is 9.64. The second kappa shape index (κ2) is 5.54. The molecule has 112 valence electrons. The van der Waals surface area contributed by atoms with Crippen LogP contribution < -0.4 is 0 Å². The van der Waals surface area contributed by atoms with Gasteiger partial charge in [0.2, 0.25) is 0 Å². The average Bonchev–Trinajstić information content (AvgIpc) is 3.10. The zero-order valence-corrected chi connectivity index (χ0v) is 12.8. The smallest absolute Gasteiger partial charge is 0.333 e. The fourth-order valence-electron chi connectivity index (χ4n) is 5.24.